The van der Waals surface area contributed by atoms with E-state index in [0.717, 1.165) is 4.90 Å². The number of esters is 1. The summed E-state index contributed by atoms with van der Waals surface area (Å²) in [5.74, 6) is -3.28. The quantitative estimate of drug-likeness (QED) is 0.237. The Morgan fingerprint density at radius 2 is 1.43 bits per heavy atom. The lowest BCUT2D eigenvalue weighted by atomic mass is 9.90. The Morgan fingerprint density at radius 1 is 0.914 bits per heavy atom. The molecule has 1 N–H and O–H groups in total. The lowest BCUT2D eigenvalue weighted by Gasteiger charge is -2.45. The number of hydrogen-bond donors (Lipinski definition) is 1. The van der Waals surface area contributed by atoms with E-state index in [1.54, 1.807) is 41.5 Å². The van der Waals surface area contributed by atoms with Gasteiger partial charge in [-0.15, -0.1) is 0 Å². The summed E-state index contributed by atoms with van der Waals surface area (Å²) in [5.41, 5.74) is -1.73. The highest BCUT2D eigenvalue weighted by Gasteiger charge is 2.53. The molecule has 11 heteroatoms. The minimum atomic E-state index is -2.13. The maximum atomic E-state index is 12.7. The van der Waals surface area contributed by atoms with Gasteiger partial charge in [0.15, 0.2) is 14.1 Å². The van der Waals surface area contributed by atoms with Crippen LogP contribution in [0.25, 0.3) is 0 Å². The molecule has 0 aromatic carbocycles. The first-order valence-corrected chi connectivity index (χ1v) is 14.7. The molecule has 0 aromatic rings. The Morgan fingerprint density at radius 3 is 1.89 bits per heavy atom. The molecule has 0 saturated carbocycles. The molecule has 1 aliphatic heterocycles. The maximum absolute atomic E-state index is 12.7. The number of ketones is 1. The van der Waals surface area contributed by atoms with E-state index >= 15 is 0 Å². The summed E-state index contributed by atoms with van der Waals surface area (Å²) in [5, 5.41) is 2.39. The van der Waals surface area contributed by atoms with E-state index in [4.69, 9.17) is 13.9 Å². The van der Waals surface area contributed by atoms with E-state index in [0.29, 0.717) is 0 Å². The van der Waals surface area contributed by atoms with Gasteiger partial charge in [-0.25, -0.2) is 9.59 Å². The van der Waals surface area contributed by atoms with Crippen molar-refractivity contribution in [3.05, 3.63) is 0 Å². The highest BCUT2D eigenvalue weighted by molar-refractivity contribution is 6.74. The second-order valence-electron chi connectivity index (χ2n) is 12.3. The molecule has 0 aromatic heterocycles. The minimum Gasteiger partial charge on any atom is -0.453 e. The zero-order chi connectivity index (χ0) is 27.6. The molecule has 200 valence electrons. The first-order chi connectivity index (χ1) is 15.6. The fourth-order valence-corrected chi connectivity index (χ4v) is 3.92. The van der Waals surface area contributed by atoms with Crippen LogP contribution in [0.2, 0.25) is 18.1 Å². The third-order valence-corrected chi connectivity index (χ3v) is 10.3. The van der Waals surface area contributed by atoms with Crippen LogP contribution in [0.5, 0.6) is 0 Å². The molecule has 10 nitrogen and oxygen atoms in total. The second-order valence-corrected chi connectivity index (χ2v) is 17.1. The second kappa shape index (κ2) is 10.8. The number of Topliss-reactive ketones (excluding diaryl/α,β-unsaturated/α-hetero) is 1. The van der Waals surface area contributed by atoms with Crippen molar-refractivity contribution in [3.63, 3.8) is 0 Å². The molecule has 1 fully saturated rings. The van der Waals surface area contributed by atoms with Crippen LogP contribution in [0.4, 0.5) is 4.79 Å². The number of nitrogens with one attached hydrogen (secondary N) is 1. The van der Waals surface area contributed by atoms with Crippen molar-refractivity contribution in [1.82, 2.24) is 10.2 Å². The van der Waals surface area contributed by atoms with E-state index in [2.05, 4.69) is 26.1 Å². The van der Waals surface area contributed by atoms with E-state index in [1.807, 2.05) is 13.1 Å². The number of likely N-dealkylation sites (tertiary alicyclic amines) is 1. The van der Waals surface area contributed by atoms with E-state index in [1.165, 1.54) is 0 Å². The summed E-state index contributed by atoms with van der Waals surface area (Å²) in [6.07, 6.45) is -0.782. The molecular formula is C24H42N2O8Si. The van der Waals surface area contributed by atoms with Gasteiger partial charge in [-0.2, -0.15) is 0 Å². The van der Waals surface area contributed by atoms with E-state index in [-0.39, 0.29) is 30.3 Å². The monoisotopic (exact) mass is 514 g/mol. The normalized spacial score (nSPS) is 19.1. The van der Waals surface area contributed by atoms with Gasteiger partial charge < -0.3 is 19.2 Å². The highest BCUT2D eigenvalue weighted by atomic mass is 28.4. The number of amides is 3. The number of imide groups is 1. The zero-order valence-corrected chi connectivity index (χ0v) is 24.0. The standard InChI is InChI=1S/C24H42N2O8Si/c1-22(2,3)33-20(30)19(29)26-16(17(18(26)28)25-21(31)34-23(4,5)6)13-12-15(27)14-32-35(10,11)24(7,8)9/h16-17H,12-14H2,1-11H3,(H,25,31)/t16-,17+/m1/s1. The van der Waals surface area contributed by atoms with Crippen LogP contribution in [-0.4, -0.2) is 72.8 Å². The molecule has 35 heavy (non-hydrogen) atoms. The fourth-order valence-electron chi connectivity index (χ4n) is 2.96. The van der Waals surface area contributed by atoms with Crippen molar-refractivity contribution in [2.24, 2.45) is 0 Å². The van der Waals surface area contributed by atoms with Crippen molar-refractivity contribution in [2.75, 3.05) is 6.61 Å². The fraction of sp³-hybridized carbons (Fsp3) is 0.792. The van der Waals surface area contributed by atoms with Crippen molar-refractivity contribution < 1.29 is 37.9 Å². The average molecular weight is 515 g/mol. The van der Waals surface area contributed by atoms with Gasteiger partial charge in [-0.05, 0) is 66.1 Å². The molecular weight excluding hydrogens is 472 g/mol. The molecule has 0 spiro atoms. The van der Waals surface area contributed by atoms with Crippen molar-refractivity contribution >= 4 is 38.0 Å². The average Bonchev–Trinajstić information content (AvgIpc) is 2.63. The van der Waals surface area contributed by atoms with Gasteiger partial charge >= 0.3 is 18.0 Å². The maximum Gasteiger partial charge on any atom is 0.408 e. The van der Waals surface area contributed by atoms with Crippen LogP contribution in [0.1, 0.15) is 75.2 Å². The SMILES string of the molecule is CC(C)(C)OC(=O)N[C@@H]1C(=O)N(C(=O)C(=O)OC(C)(C)C)[C@@H]1CCC(=O)CO[Si](C)(C)C(C)(C)C. The summed E-state index contributed by atoms with van der Waals surface area (Å²) >= 11 is 0. The number of hydrogen-bond acceptors (Lipinski definition) is 8. The van der Waals surface area contributed by atoms with Gasteiger partial charge in [0, 0.05) is 6.42 Å². The van der Waals surface area contributed by atoms with E-state index in [9.17, 15) is 24.0 Å². The molecule has 1 rings (SSSR count). The molecule has 0 bridgehead atoms. The Bertz CT molecular complexity index is 849. The zero-order valence-electron chi connectivity index (χ0n) is 23.0. The Kier molecular flexibility index (Phi) is 9.47. The largest absolute Gasteiger partial charge is 0.453 e. The molecule has 0 unspecified atom stereocenters. The smallest absolute Gasteiger partial charge is 0.408 e. The van der Waals surface area contributed by atoms with Gasteiger partial charge in [0.05, 0.1) is 12.6 Å². The van der Waals surface area contributed by atoms with Gasteiger partial charge in [0.2, 0.25) is 0 Å². The van der Waals surface area contributed by atoms with Gasteiger partial charge in [-0.1, -0.05) is 20.8 Å². The third kappa shape index (κ3) is 9.03. The number of rotatable bonds is 7. The van der Waals surface area contributed by atoms with Crippen LogP contribution in [0.15, 0.2) is 0 Å². The van der Waals surface area contributed by atoms with Crippen LogP contribution in [0.3, 0.4) is 0 Å². The van der Waals surface area contributed by atoms with Crippen molar-refractivity contribution in [3.8, 4) is 0 Å². The molecule has 0 aliphatic carbocycles. The molecule has 2 atom stereocenters. The minimum absolute atomic E-state index is 0.00281. The van der Waals surface area contributed by atoms with Crippen molar-refractivity contribution in [2.45, 2.75) is 117 Å². The number of carbonyl (C=O) groups excluding carboxylic acids is 5. The first kappa shape index (κ1) is 30.8. The summed E-state index contributed by atoms with van der Waals surface area (Å²) in [6.45, 7) is 20.0. The number of carbonyl (C=O) groups is 5. The van der Waals surface area contributed by atoms with E-state index < -0.39 is 55.5 Å². The highest BCUT2D eigenvalue weighted by Crippen LogP contribution is 2.36. The predicted molar refractivity (Wildman–Crippen MR) is 132 cm³/mol. The van der Waals surface area contributed by atoms with Crippen LogP contribution in [0, 0.1) is 0 Å². The summed E-state index contributed by atoms with van der Waals surface area (Å²) in [7, 11) is -2.13. The predicted octanol–water partition coefficient (Wildman–Crippen LogP) is 3.33. The third-order valence-electron chi connectivity index (χ3n) is 5.80. The lowest BCUT2D eigenvalue weighted by molar-refractivity contribution is -0.178. The number of ether oxygens (including phenoxy) is 2. The Labute approximate surface area is 209 Å². The van der Waals surface area contributed by atoms with Gasteiger partial charge in [0.25, 0.3) is 5.91 Å². The topological polar surface area (TPSA) is 128 Å². The summed E-state index contributed by atoms with van der Waals surface area (Å²) < 4.78 is 16.2. The Hall–Kier alpha value is -2.27. The van der Waals surface area contributed by atoms with Gasteiger partial charge in [-0.3, -0.25) is 19.3 Å². The molecule has 1 heterocycles. The van der Waals surface area contributed by atoms with Crippen LogP contribution >= 0.6 is 0 Å². The van der Waals surface area contributed by atoms with Crippen LogP contribution < -0.4 is 5.32 Å². The van der Waals surface area contributed by atoms with Crippen LogP contribution in [-0.2, 0) is 33.1 Å². The number of nitrogens with zero attached hydrogens (tertiary/aromatic N) is 1. The molecule has 1 aliphatic rings. The lowest BCUT2D eigenvalue weighted by Crippen LogP contribution is -2.73. The number of β-lactam (4-membered cyclic amide) rings is 1. The number of alkyl carbamates (subject to hydrolysis) is 1. The summed E-state index contributed by atoms with van der Waals surface area (Å²) in [4.78, 5) is 63.2. The first-order valence-electron chi connectivity index (χ1n) is 11.8. The molecule has 0 radical (unpaired) electrons. The van der Waals surface area contributed by atoms with Gasteiger partial charge in [0.1, 0.15) is 17.2 Å². The Balaban J connectivity index is 2.94. The van der Waals surface area contributed by atoms with Crippen molar-refractivity contribution in [1.29, 1.82) is 0 Å². The molecule has 1 saturated heterocycles. The molecule has 3 amide bonds. The summed E-state index contributed by atoms with van der Waals surface area (Å²) in [6, 6.07) is -2.00.